The zero-order chi connectivity index (χ0) is 16.2. The lowest BCUT2D eigenvalue weighted by atomic mass is 10.2. The van der Waals surface area contributed by atoms with Gasteiger partial charge in [-0.1, -0.05) is 11.8 Å². The SMILES string of the molecule is CC(=O)N=C1S[C@H]2CS(=O)(=O)C[C@H]2N1c1ccc2c(c1)OCO2. The summed E-state index contributed by atoms with van der Waals surface area (Å²) in [4.78, 5) is 17.3. The van der Waals surface area contributed by atoms with E-state index in [4.69, 9.17) is 9.47 Å². The van der Waals surface area contributed by atoms with E-state index in [0.717, 1.165) is 5.69 Å². The van der Waals surface area contributed by atoms with Gasteiger partial charge in [0.05, 0.1) is 17.5 Å². The molecule has 0 N–H and O–H groups in total. The largest absolute Gasteiger partial charge is 0.454 e. The van der Waals surface area contributed by atoms with Crippen molar-refractivity contribution in [3.05, 3.63) is 18.2 Å². The third kappa shape index (κ3) is 2.57. The van der Waals surface area contributed by atoms with E-state index >= 15 is 0 Å². The number of hydrogen-bond donors (Lipinski definition) is 0. The van der Waals surface area contributed by atoms with Gasteiger partial charge in [-0.25, -0.2) is 8.42 Å². The van der Waals surface area contributed by atoms with E-state index in [-0.39, 0.29) is 35.5 Å². The highest BCUT2D eigenvalue weighted by Gasteiger charge is 2.49. The minimum atomic E-state index is -3.07. The first-order valence-electron chi connectivity index (χ1n) is 7.08. The number of thioether (sulfide) groups is 1. The van der Waals surface area contributed by atoms with Crippen molar-refractivity contribution in [3.8, 4) is 11.5 Å². The number of carbonyl (C=O) groups is 1. The number of amidine groups is 1. The first-order chi connectivity index (χ1) is 10.9. The summed E-state index contributed by atoms with van der Waals surface area (Å²) in [5.41, 5.74) is 0.756. The van der Waals surface area contributed by atoms with Crippen LogP contribution in [0.4, 0.5) is 5.69 Å². The number of ether oxygens (including phenoxy) is 2. The summed E-state index contributed by atoms with van der Waals surface area (Å²) in [6.45, 7) is 1.55. The predicted molar refractivity (Wildman–Crippen MR) is 87.0 cm³/mol. The van der Waals surface area contributed by atoms with Crippen LogP contribution in [-0.4, -0.2) is 49.1 Å². The van der Waals surface area contributed by atoms with Crippen molar-refractivity contribution in [3.63, 3.8) is 0 Å². The number of benzene rings is 1. The number of carbonyl (C=O) groups excluding carboxylic acids is 1. The Morgan fingerprint density at radius 3 is 2.87 bits per heavy atom. The average molecular weight is 354 g/mol. The Morgan fingerprint density at radius 2 is 2.09 bits per heavy atom. The van der Waals surface area contributed by atoms with Crippen LogP contribution >= 0.6 is 11.8 Å². The molecule has 1 amide bonds. The van der Waals surface area contributed by atoms with E-state index in [1.54, 1.807) is 12.1 Å². The summed E-state index contributed by atoms with van der Waals surface area (Å²) in [5.74, 6) is 1.14. The van der Waals surface area contributed by atoms with Crippen molar-refractivity contribution >= 4 is 38.4 Å². The highest BCUT2D eigenvalue weighted by atomic mass is 32.2. The quantitative estimate of drug-likeness (QED) is 0.745. The molecule has 23 heavy (non-hydrogen) atoms. The summed E-state index contributed by atoms with van der Waals surface area (Å²) in [7, 11) is -3.07. The molecule has 1 aromatic carbocycles. The van der Waals surface area contributed by atoms with Gasteiger partial charge < -0.3 is 14.4 Å². The predicted octanol–water partition coefficient (Wildman–Crippen LogP) is 1.04. The molecule has 0 aromatic heterocycles. The van der Waals surface area contributed by atoms with Crippen molar-refractivity contribution < 1.29 is 22.7 Å². The van der Waals surface area contributed by atoms with Crippen LogP contribution in [0.5, 0.6) is 11.5 Å². The first-order valence-corrected chi connectivity index (χ1v) is 9.78. The van der Waals surface area contributed by atoms with Gasteiger partial charge in [0.1, 0.15) is 0 Å². The number of amides is 1. The Kier molecular flexibility index (Phi) is 3.31. The standard InChI is InChI=1S/C14H14N2O5S2/c1-8(17)15-14-16(10-5-23(18,19)6-13(10)22-14)9-2-3-11-12(4-9)21-7-20-11/h2-4,10,13H,5-7H2,1H3/t10-,13+/m1/s1. The molecule has 0 spiro atoms. The Labute approximate surface area is 137 Å². The molecule has 9 heteroatoms. The van der Waals surface area contributed by atoms with Gasteiger partial charge in [0.25, 0.3) is 0 Å². The molecular formula is C14H14N2O5S2. The zero-order valence-electron chi connectivity index (χ0n) is 12.3. The van der Waals surface area contributed by atoms with E-state index in [1.807, 2.05) is 11.0 Å². The molecule has 0 bridgehead atoms. The van der Waals surface area contributed by atoms with Crippen LogP contribution in [-0.2, 0) is 14.6 Å². The highest BCUT2D eigenvalue weighted by Crippen LogP contribution is 2.43. The number of nitrogens with zero attached hydrogens (tertiary/aromatic N) is 2. The Balaban J connectivity index is 1.77. The average Bonchev–Trinajstić information content (AvgIpc) is 3.09. The number of sulfone groups is 1. The van der Waals surface area contributed by atoms with Crippen molar-refractivity contribution in [1.82, 2.24) is 0 Å². The van der Waals surface area contributed by atoms with Gasteiger partial charge in [0.15, 0.2) is 26.5 Å². The molecule has 3 heterocycles. The summed E-state index contributed by atoms with van der Waals surface area (Å²) in [6, 6.07) is 5.19. The molecule has 0 radical (unpaired) electrons. The number of aliphatic imine (C=N–C) groups is 1. The second-order valence-electron chi connectivity index (χ2n) is 5.62. The van der Waals surface area contributed by atoms with Gasteiger partial charge in [-0.3, -0.25) is 4.79 Å². The summed E-state index contributed by atoms with van der Waals surface area (Å²) >= 11 is 1.35. The molecule has 0 aliphatic carbocycles. The van der Waals surface area contributed by atoms with Crippen LogP contribution in [0, 0.1) is 0 Å². The molecule has 0 saturated carbocycles. The highest BCUT2D eigenvalue weighted by molar-refractivity contribution is 8.16. The van der Waals surface area contributed by atoms with Crippen LogP contribution < -0.4 is 14.4 Å². The van der Waals surface area contributed by atoms with Crippen molar-refractivity contribution in [1.29, 1.82) is 0 Å². The first kappa shape index (κ1) is 14.8. The van der Waals surface area contributed by atoms with Crippen LogP contribution in [0.15, 0.2) is 23.2 Å². The number of fused-ring (bicyclic) bond motifs is 2. The maximum Gasteiger partial charge on any atom is 0.244 e. The Morgan fingerprint density at radius 1 is 1.30 bits per heavy atom. The lowest BCUT2D eigenvalue weighted by molar-refractivity contribution is -0.115. The molecule has 2 fully saturated rings. The van der Waals surface area contributed by atoms with Crippen LogP contribution in [0.2, 0.25) is 0 Å². The third-order valence-corrected chi connectivity index (χ3v) is 7.16. The van der Waals surface area contributed by atoms with E-state index in [9.17, 15) is 13.2 Å². The lowest BCUT2D eigenvalue weighted by Crippen LogP contribution is -2.37. The minimum Gasteiger partial charge on any atom is -0.454 e. The molecule has 2 saturated heterocycles. The van der Waals surface area contributed by atoms with E-state index < -0.39 is 9.84 Å². The second kappa shape index (κ2) is 5.13. The minimum absolute atomic E-state index is 0.0655. The summed E-state index contributed by atoms with van der Waals surface area (Å²) in [6.07, 6.45) is 0. The number of hydrogen-bond acceptors (Lipinski definition) is 6. The molecule has 4 rings (SSSR count). The molecule has 1 aromatic rings. The van der Waals surface area contributed by atoms with Crippen molar-refractivity contribution in [2.75, 3.05) is 23.2 Å². The number of rotatable bonds is 1. The van der Waals surface area contributed by atoms with Crippen molar-refractivity contribution in [2.45, 2.75) is 18.2 Å². The van der Waals surface area contributed by atoms with Crippen molar-refractivity contribution in [2.24, 2.45) is 4.99 Å². The van der Waals surface area contributed by atoms with E-state index in [0.29, 0.717) is 16.7 Å². The smallest absolute Gasteiger partial charge is 0.244 e. The van der Waals surface area contributed by atoms with E-state index in [2.05, 4.69) is 4.99 Å². The third-order valence-electron chi connectivity index (χ3n) is 3.95. The van der Waals surface area contributed by atoms with Gasteiger partial charge in [-0.05, 0) is 12.1 Å². The topological polar surface area (TPSA) is 85.3 Å². The fraction of sp³-hybridized carbons (Fsp3) is 0.429. The summed E-state index contributed by atoms with van der Waals surface area (Å²) < 4.78 is 34.6. The Bertz CT molecular complexity index is 820. The molecule has 3 aliphatic heterocycles. The van der Waals surface area contributed by atoms with Crippen LogP contribution in [0.3, 0.4) is 0 Å². The fourth-order valence-corrected chi connectivity index (χ4v) is 6.99. The lowest BCUT2D eigenvalue weighted by Gasteiger charge is -2.24. The number of anilines is 1. The van der Waals surface area contributed by atoms with Gasteiger partial charge in [-0.2, -0.15) is 4.99 Å². The van der Waals surface area contributed by atoms with E-state index in [1.165, 1.54) is 18.7 Å². The maximum absolute atomic E-state index is 11.9. The molecule has 122 valence electrons. The van der Waals surface area contributed by atoms with Crippen LogP contribution in [0.25, 0.3) is 0 Å². The second-order valence-corrected chi connectivity index (χ2v) is 8.98. The normalized spacial score (nSPS) is 29.1. The maximum atomic E-state index is 11.9. The molecule has 0 unspecified atom stereocenters. The molecule has 3 aliphatic rings. The molecule has 2 atom stereocenters. The monoisotopic (exact) mass is 354 g/mol. The Hall–Kier alpha value is -1.74. The van der Waals surface area contributed by atoms with Gasteiger partial charge in [0, 0.05) is 23.9 Å². The zero-order valence-corrected chi connectivity index (χ0v) is 13.9. The van der Waals surface area contributed by atoms with Gasteiger partial charge >= 0.3 is 0 Å². The van der Waals surface area contributed by atoms with Gasteiger partial charge in [0.2, 0.25) is 12.7 Å². The van der Waals surface area contributed by atoms with Crippen LogP contribution in [0.1, 0.15) is 6.92 Å². The fourth-order valence-electron chi connectivity index (χ4n) is 3.04. The molecular weight excluding hydrogens is 340 g/mol. The molecule has 7 nitrogen and oxygen atoms in total. The van der Waals surface area contributed by atoms with Gasteiger partial charge in [-0.15, -0.1) is 0 Å². The summed E-state index contributed by atoms with van der Waals surface area (Å²) in [5, 5.41) is 0.435.